The molecule has 9 nitrogen and oxygen atoms in total. The van der Waals surface area contributed by atoms with Crippen LogP contribution in [0.2, 0.25) is 0 Å². The average Bonchev–Trinajstić information content (AvgIpc) is 3.05. The average molecular weight is 456 g/mol. The summed E-state index contributed by atoms with van der Waals surface area (Å²) in [4.78, 5) is 24.0. The summed E-state index contributed by atoms with van der Waals surface area (Å²) in [6, 6.07) is 6.63. The van der Waals surface area contributed by atoms with Crippen LogP contribution in [0.25, 0.3) is 0 Å². The molecule has 2 rings (SSSR count). The van der Waals surface area contributed by atoms with E-state index in [0.29, 0.717) is 49.6 Å². The van der Waals surface area contributed by atoms with Crippen molar-refractivity contribution in [1.82, 2.24) is 14.9 Å². The van der Waals surface area contributed by atoms with Gasteiger partial charge in [-0.2, -0.15) is 0 Å². The van der Waals surface area contributed by atoms with Crippen LogP contribution < -0.4 is 14.8 Å². The number of carbonyl (C=O) groups excluding carboxylic acids is 2. The lowest BCUT2D eigenvalue weighted by Crippen LogP contribution is -2.41. The maximum atomic E-state index is 12.4. The highest BCUT2D eigenvalue weighted by atomic mass is 32.2. The minimum atomic E-state index is -3.61. The number of aliphatic hydroxyl groups is 1. The van der Waals surface area contributed by atoms with Crippen LogP contribution in [0.3, 0.4) is 0 Å². The number of nitrogens with zero attached hydrogens (tertiary/aromatic N) is 1. The molecule has 0 radical (unpaired) electrons. The van der Waals surface area contributed by atoms with Gasteiger partial charge < -0.3 is 14.7 Å². The summed E-state index contributed by atoms with van der Waals surface area (Å²) in [6.07, 6.45) is 1.10. The van der Waals surface area contributed by atoms with Gasteiger partial charge in [0.2, 0.25) is 15.9 Å². The third-order valence-corrected chi connectivity index (χ3v) is 6.49. The number of unbranched alkanes of at least 4 members (excludes halogenated alkanes) is 1. The van der Waals surface area contributed by atoms with Crippen LogP contribution in [0.5, 0.6) is 5.75 Å². The third-order valence-electron chi connectivity index (χ3n) is 5.08. The zero-order valence-electron chi connectivity index (χ0n) is 18.4. The second-order valence-corrected chi connectivity index (χ2v) is 10.2. The Kier molecular flexibility index (Phi) is 8.84. The SMILES string of the molecule is CC[C@@](O)(CNS(=O)(=O)CCCCN1CC(=O)NC1=O)c1cccc(OCC(C)C)c1. The number of nitrogens with one attached hydrogen (secondary N) is 2. The van der Waals surface area contributed by atoms with Crippen molar-refractivity contribution >= 4 is 22.0 Å². The molecule has 0 unspecified atom stereocenters. The second kappa shape index (κ2) is 10.9. The van der Waals surface area contributed by atoms with E-state index in [4.69, 9.17) is 4.74 Å². The molecular formula is C21H33N3O6S. The van der Waals surface area contributed by atoms with Gasteiger partial charge in [-0.05, 0) is 42.9 Å². The van der Waals surface area contributed by atoms with Crippen molar-refractivity contribution in [2.24, 2.45) is 5.92 Å². The van der Waals surface area contributed by atoms with Gasteiger partial charge >= 0.3 is 6.03 Å². The van der Waals surface area contributed by atoms with E-state index in [1.165, 1.54) is 4.90 Å². The predicted molar refractivity (Wildman–Crippen MR) is 117 cm³/mol. The second-order valence-electron chi connectivity index (χ2n) is 8.24. The predicted octanol–water partition coefficient (Wildman–Crippen LogP) is 1.57. The Morgan fingerprint density at radius 2 is 2.03 bits per heavy atom. The molecule has 1 heterocycles. The molecule has 0 bridgehead atoms. The van der Waals surface area contributed by atoms with E-state index in [1.807, 2.05) is 13.8 Å². The molecule has 1 saturated heterocycles. The van der Waals surface area contributed by atoms with E-state index in [9.17, 15) is 23.1 Å². The Balaban J connectivity index is 1.87. The lowest BCUT2D eigenvalue weighted by atomic mass is 9.91. The summed E-state index contributed by atoms with van der Waals surface area (Å²) in [5, 5.41) is 13.2. The monoisotopic (exact) mass is 455 g/mol. The molecule has 1 aromatic rings. The number of hydrogen-bond acceptors (Lipinski definition) is 6. The van der Waals surface area contributed by atoms with Gasteiger partial charge in [-0.25, -0.2) is 17.9 Å². The van der Waals surface area contributed by atoms with Crippen LogP contribution in [0, 0.1) is 5.92 Å². The molecule has 1 fully saturated rings. The van der Waals surface area contributed by atoms with E-state index in [-0.39, 0.29) is 24.7 Å². The number of rotatable bonds is 13. The molecular weight excluding hydrogens is 422 g/mol. The molecule has 0 aromatic heterocycles. The quantitative estimate of drug-likeness (QED) is 0.306. The highest BCUT2D eigenvalue weighted by Gasteiger charge is 2.30. The summed E-state index contributed by atoms with van der Waals surface area (Å²) in [6.45, 7) is 6.60. The molecule has 1 aliphatic heterocycles. The van der Waals surface area contributed by atoms with Crippen molar-refractivity contribution in [3.8, 4) is 5.75 Å². The largest absolute Gasteiger partial charge is 0.493 e. The Morgan fingerprint density at radius 1 is 1.29 bits per heavy atom. The van der Waals surface area contributed by atoms with Crippen molar-refractivity contribution in [2.45, 2.75) is 45.6 Å². The first-order valence-corrected chi connectivity index (χ1v) is 12.2. The van der Waals surface area contributed by atoms with E-state index >= 15 is 0 Å². The molecule has 3 amide bonds. The zero-order valence-corrected chi connectivity index (χ0v) is 19.2. The van der Waals surface area contributed by atoms with Crippen LogP contribution >= 0.6 is 0 Å². The first kappa shape index (κ1) is 25.1. The lowest BCUT2D eigenvalue weighted by molar-refractivity contribution is -0.118. The first-order chi connectivity index (χ1) is 14.5. The molecule has 1 atom stereocenters. The maximum Gasteiger partial charge on any atom is 0.324 e. The van der Waals surface area contributed by atoms with Crippen LogP contribution in [-0.4, -0.2) is 62.4 Å². The number of hydrogen-bond donors (Lipinski definition) is 3. The van der Waals surface area contributed by atoms with Gasteiger partial charge in [0.15, 0.2) is 0 Å². The fourth-order valence-corrected chi connectivity index (χ4v) is 4.32. The number of imide groups is 1. The molecule has 3 N–H and O–H groups in total. The van der Waals surface area contributed by atoms with E-state index in [1.54, 1.807) is 31.2 Å². The van der Waals surface area contributed by atoms with Gasteiger partial charge in [-0.3, -0.25) is 10.1 Å². The molecule has 174 valence electrons. The summed E-state index contributed by atoms with van der Waals surface area (Å²) in [5.41, 5.74) is -0.776. The van der Waals surface area contributed by atoms with Crippen molar-refractivity contribution in [3.05, 3.63) is 29.8 Å². The topological polar surface area (TPSA) is 125 Å². The smallest absolute Gasteiger partial charge is 0.324 e. The van der Waals surface area contributed by atoms with Crippen LogP contribution in [0.1, 0.15) is 45.6 Å². The van der Waals surface area contributed by atoms with Crippen molar-refractivity contribution in [1.29, 1.82) is 0 Å². The number of benzene rings is 1. The van der Waals surface area contributed by atoms with Gasteiger partial charge in [0.25, 0.3) is 0 Å². The minimum Gasteiger partial charge on any atom is -0.493 e. The van der Waals surface area contributed by atoms with Crippen molar-refractivity contribution in [2.75, 3.05) is 32.0 Å². The van der Waals surface area contributed by atoms with Gasteiger partial charge in [0.1, 0.15) is 17.9 Å². The molecule has 31 heavy (non-hydrogen) atoms. The van der Waals surface area contributed by atoms with Crippen LogP contribution in [0.4, 0.5) is 4.79 Å². The van der Waals surface area contributed by atoms with E-state index in [0.717, 1.165) is 0 Å². The summed E-state index contributed by atoms with van der Waals surface area (Å²) >= 11 is 0. The molecule has 10 heteroatoms. The Morgan fingerprint density at radius 3 is 2.65 bits per heavy atom. The van der Waals surface area contributed by atoms with Gasteiger partial charge in [-0.15, -0.1) is 0 Å². The summed E-state index contributed by atoms with van der Waals surface area (Å²) in [7, 11) is -3.61. The number of urea groups is 1. The summed E-state index contributed by atoms with van der Waals surface area (Å²) in [5.74, 6) is 0.510. The number of carbonyl (C=O) groups is 2. The fraction of sp³-hybridized carbons (Fsp3) is 0.619. The van der Waals surface area contributed by atoms with Crippen LogP contribution in [0.15, 0.2) is 24.3 Å². The Labute approximate surface area is 184 Å². The molecule has 1 aliphatic rings. The first-order valence-electron chi connectivity index (χ1n) is 10.6. The Bertz CT molecular complexity index is 874. The van der Waals surface area contributed by atoms with E-state index < -0.39 is 21.7 Å². The number of ether oxygens (including phenoxy) is 1. The number of amides is 3. The third kappa shape index (κ3) is 7.79. The lowest BCUT2D eigenvalue weighted by Gasteiger charge is -2.28. The standard InChI is InChI=1S/C21H33N3O6S/c1-4-21(27,17-8-7-9-18(12-17)30-14-16(2)3)15-22-31(28,29)11-6-5-10-24-13-19(25)23-20(24)26/h7-9,12,16,22,27H,4-6,10-11,13-15H2,1-3H3,(H,23,25,26)/t21-/m1/s1. The molecule has 0 saturated carbocycles. The minimum absolute atomic E-state index is 0.00725. The molecule has 1 aromatic carbocycles. The van der Waals surface area contributed by atoms with Crippen molar-refractivity contribution in [3.63, 3.8) is 0 Å². The fourth-order valence-electron chi connectivity index (χ4n) is 3.13. The molecule has 0 aliphatic carbocycles. The van der Waals surface area contributed by atoms with Crippen molar-refractivity contribution < 1.29 is 27.9 Å². The Hall–Kier alpha value is -2.17. The van der Waals surface area contributed by atoms with Gasteiger partial charge in [0.05, 0.1) is 12.4 Å². The van der Waals surface area contributed by atoms with Gasteiger partial charge in [-0.1, -0.05) is 32.9 Å². The summed E-state index contributed by atoms with van der Waals surface area (Å²) < 4.78 is 33.0. The van der Waals surface area contributed by atoms with Gasteiger partial charge in [0, 0.05) is 13.1 Å². The highest BCUT2D eigenvalue weighted by molar-refractivity contribution is 7.89. The van der Waals surface area contributed by atoms with Crippen LogP contribution in [-0.2, 0) is 20.4 Å². The van der Waals surface area contributed by atoms with E-state index in [2.05, 4.69) is 10.0 Å². The highest BCUT2D eigenvalue weighted by Crippen LogP contribution is 2.28. The normalized spacial score (nSPS) is 16.5. The molecule has 0 spiro atoms. The number of sulfonamides is 1. The zero-order chi connectivity index (χ0) is 23.1. The maximum absolute atomic E-state index is 12.4.